The summed E-state index contributed by atoms with van der Waals surface area (Å²) in [6.07, 6.45) is 7.64. The molecule has 3 nitrogen and oxygen atoms in total. The molecular formula is C10H12BNO2. The maximum Gasteiger partial charge on any atom is 0.504 e. The summed E-state index contributed by atoms with van der Waals surface area (Å²) in [7, 11) is -0.313. The van der Waals surface area contributed by atoms with Crippen molar-refractivity contribution in [3.05, 3.63) is 36.7 Å². The summed E-state index contributed by atoms with van der Waals surface area (Å²) in [4.78, 5) is 4.07. The lowest BCUT2D eigenvalue weighted by Crippen LogP contribution is -2.05. The molecule has 1 fully saturated rings. The van der Waals surface area contributed by atoms with Crippen LogP contribution >= 0.6 is 0 Å². The predicted molar refractivity (Wildman–Crippen MR) is 55.3 cm³/mol. The molecule has 1 aliphatic rings. The zero-order chi connectivity index (χ0) is 10.0. The molecule has 0 unspecified atom stereocenters. The molecule has 2 rings (SSSR count). The first-order valence-electron chi connectivity index (χ1n) is 4.63. The van der Waals surface area contributed by atoms with Gasteiger partial charge in [-0.2, -0.15) is 0 Å². The number of pyridine rings is 1. The molecule has 72 valence electrons. The lowest BCUT2D eigenvalue weighted by molar-refractivity contribution is 0.452. The molecule has 0 spiro atoms. The lowest BCUT2D eigenvalue weighted by atomic mass is 9.98. The van der Waals surface area contributed by atoms with E-state index in [-0.39, 0.29) is 13.1 Å². The number of nitrogens with zero attached hydrogens (tertiary/aromatic N) is 1. The van der Waals surface area contributed by atoms with Gasteiger partial charge in [0.2, 0.25) is 0 Å². The molecule has 1 aromatic heterocycles. The molecule has 4 heteroatoms. The van der Waals surface area contributed by atoms with Crippen LogP contribution in [0.3, 0.4) is 0 Å². The Kier molecular flexibility index (Phi) is 2.29. The molecule has 1 saturated carbocycles. The molecular weight excluding hydrogens is 177 g/mol. The first-order valence-corrected chi connectivity index (χ1v) is 4.63. The Hall–Kier alpha value is -1.29. The van der Waals surface area contributed by atoms with Crippen molar-refractivity contribution < 1.29 is 9.68 Å². The van der Waals surface area contributed by atoms with Crippen molar-refractivity contribution >= 4 is 7.69 Å². The normalized spacial score (nSPS) is 17.2. The van der Waals surface area contributed by atoms with Gasteiger partial charge in [0.15, 0.2) is 0 Å². The largest absolute Gasteiger partial charge is 0.538 e. The summed E-state index contributed by atoms with van der Waals surface area (Å²) in [5.41, 5.74) is 1.24. The third-order valence-corrected chi connectivity index (χ3v) is 2.70. The van der Waals surface area contributed by atoms with Crippen molar-refractivity contribution in [2.24, 2.45) is 0 Å². The van der Waals surface area contributed by atoms with E-state index in [0.717, 1.165) is 18.4 Å². The van der Waals surface area contributed by atoms with E-state index in [0.29, 0.717) is 5.75 Å². The van der Waals surface area contributed by atoms with Gasteiger partial charge in [-0.05, 0) is 24.5 Å². The molecule has 0 radical (unpaired) electrons. The molecule has 1 aromatic rings. The van der Waals surface area contributed by atoms with Gasteiger partial charge in [-0.15, -0.1) is 6.58 Å². The minimum atomic E-state index is -0.313. The molecule has 0 aliphatic heterocycles. The highest BCUT2D eigenvalue weighted by Gasteiger charge is 2.41. The Morgan fingerprint density at radius 3 is 2.93 bits per heavy atom. The van der Waals surface area contributed by atoms with Crippen molar-refractivity contribution in [3.63, 3.8) is 0 Å². The summed E-state index contributed by atoms with van der Waals surface area (Å²) in [5, 5.41) is 8.62. The summed E-state index contributed by atoms with van der Waals surface area (Å²) in [5.74, 6) is 0.609. The fourth-order valence-corrected chi connectivity index (χ4v) is 1.59. The second-order valence-corrected chi connectivity index (χ2v) is 3.54. The van der Waals surface area contributed by atoms with Gasteiger partial charge in [-0.1, -0.05) is 6.08 Å². The molecule has 0 saturated heterocycles. The number of aromatic nitrogens is 1. The maximum absolute atomic E-state index is 8.62. The molecule has 0 bridgehead atoms. The van der Waals surface area contributed by atoms with Gasteiger partial charge in [0.25, 0.3) is 0 Å². The predicted octanol–water partition coefficient (Wildman–Crippen LogP) is 0.937. The number of hydrogen-bond acceptors (Lipinski definition) is 3. The molecule has 1 heterocycles. The van der Waals surface area contributed by atoms with Gasteiger partial charge < -0.3 is 9.68 Å². The van der Waals surface area contributed by atoms with Crippen molar-refractivity contribution in [1.29, 1.82) is 0 Å². The highest BCUT2D eigenvalue weighted by Crippen LogP contribution is 2.49. The molecule has 1 N–H and O–H groups in total. The Balaban J connectivity index is 2.26. The van der Waals surface area contributed by atoms with E-state index in [1.54, 1.807) is 6.20 Å². The Bertz CT molecular complexity index is 350. The van der Waals surface area contributed by atoms with Crippen LogP contribution in [0.25, 0.3) is 0 Å². The van der Waals surface area contributed by atoms with Crippen LogP contribution in [-0.4, -0.2) is 17.7 Å². The Labute approximate surface area is 83.7 Å². The van der Waals surface area contributed by atoms with Gasteiger partial charge in [0.1, 0.15) is 5.75 Å². The van der Waals surface area contributed by atoms with Crippen LogP contribution in [0.15, 0.2) is 31.1 Å². The Morgan fingerprint density at radius 1 is 1.57 bits per heavy atom. The average Bonchev–Trinajstić information content (AvgIpc) is 2.99. The van der Waals surface area contributed by atoms with Crippen LogP contribution in [0.1, 0.15) is 18.4 Å². The standard InChI is InChI=1S/C10H12BNO2/c1-2-10(3-4-10)8-5-9(14-11-13)7-12-6-8/h2,5-7,11,13H,1,3-4H2. The van der Waals surface area contributed by atoms with E-state index < -0.39 is 0 Å². The number of rotatable bonds is 4. The summed E-state index contributed by atoms with van der Waals surface area (Å²) in [6.45, 7) is 3.83. The van der Waals surface area contributed by atoms with Crippen LogP contribution in [0.4, 0.5) is 0 Å². The second kappa shape index (κ2) is 3.46. The summed E-state index contributed by atoms with van der Waals surface area (Å²) >= 11 is 0. The van der Waals surface area contributed by atoms with E-state index in [1.165, 1.54) is 0 Å². The number of hydrogen-bond donors (Lipinski definition) is 1. The highest BCUT2D eigenvalue weighted by atomic mass is 16.5. The van der Waals surface area contributed by atoms with Crippen LogP contribution in [0, 0.1) is 0 Å². The van der Waals surface area contributed by atoms with Crippen LogP contribution in [0.2, 0.25) is 0 Å². The Morgan fingerprint density at radius 2 is 2.36 bits per heavy atom. The molecule has 0 aromatic carbocycles. The monoisotopic (exact) mass is 189 g/mol. The SMILES string of the molecule is C=CC1(c2cncc(OBO)c2)CC1. The van der Waals surface area contributed by atoms with Gasteiger partial charge in [0, 0.05) is 11.6 Å². The van der Waals surface area contributed by atoms with E-state index >= 15 is 0 Å². The maximum atomic E-state index is 8.62. The smallest absolute Gasteiger partial charge is 0.504 e. The molecule has 0 atom stereocenters. The van der Waals surface area contributed by atoms with E-state index in [1.807, 2.05) is 18.3 Å². The minimum Gasteiger partial charge on any atom is -0.538 e. The zero-order valence-corrected chi connectivity index (χ0v) is 7.94. The van der Waals surface area contributed by atoms with Crippen molar-refractivity contribution in [1.82, 2.24) is 4.98 Å². The van der Waals surface area contributed by atoms with E-state index in [4.69, 9.17) is 9.68 Å². The third kappa shape index (κ3) is 1.53. The van der Waals surface area contributed by atoms with Crippen LogP contribution < -0.4 is 4.65 Å². The topological polar surface area (TPSA) is 42.4 Å². The van der Waals surface area contributed by atoms with E-state index in [2.05, 4.69) is 11.6 Å². The van der Waals surface area contributed by atoms with Gasteiger partial charge in [-0.25, -0.2) is 0 Å². The number of allylic oxidation sites excluding steroid dienone is 1. The first kappa shape index (κ1) is 9.28. The highest BCUT2D eigenvalue weighted by molar-refractivity contribution is 6.17. The quantitative estimate of drug-likeness (QED) is 0.566. The van der Waals surface area contributed by atoms with Crippen molar-refractivity contribution in [3.8, 4) is 5.75 Å². The second-order valence-electron chi connectivity index (χ2n) is 3.54. The molecule has 0 amide bonds. The fraction of sp³-hybridized carbons (Fsp3) is 0.300. The van der Waals surface area contributed by atoms with Crippen molar-refractivity contribution in [2.45, 2.75) is 18.3 Å². The van der Waals surface area contributed by atoms with Gasteiger partial charge >= 0.3 is 7.69 Å². The summed E-state index contributed by atoms with van der Waals surface area (Å²) in [6, 6.07) is 1.91. The fourth-order valence-electron chi connectivity index (χ4n) is 1.59. The van der Waals surface area contributed by atoms with Gasteiger partial charge in [0.05, 0.1) is 6.20 Å². The summed E-state index contributed by atoms with van der Waals surface area (Å²) < 4.78 is 4.97. The minimum absolute atomic E-state index is 0.113. The molecule has 1 aliphatic carbocycles. The average molecular weight is 189 g/mol. The van der Waals surface area contributed by atoms with Crippen LogP contribution in [-0.2, 0) is 5.41 Å². The molecule has 14 heavy (non-hydrogen) atoms. The lowest BCUT2D eigenvalue weighted by Gasteiger charge is -2.10. The first-order chi connectivity index (χ1) is 6.80. The third-order valence-electron chi connectivity index (χ3n) is 2.70. The van der Waals surface area contributed by atoms with Gasteiger partial charge in [-0.3, -0.25) is 4.98 Å². The van der Waals surface area contributed by atoms with Crippen molar-refractivity contribution in [2.75, 3.05) is 0 Å². The van der Waals surface area contributed by atoms with E-state index in [9.17, 15) is 0 Å². The zero-order valence-electron chi connectivity index (χ0n) is 7.94. The van der Waals surface area contributed by atoms with Crippen LogP contribution in [0.5, 0.6) is 5.75 Å².